The Morgan fingerprint density at radius 1 is 1.22 bits per heavy atom. The van der Waals surface area contributed by atoms with E-state index >= 15 is 0 Å². The molecule has 0 bridgehead atoms. The Hall–Kier alpha value is -3.44. The quantitative estimate of drug-likeness (QED) is 0.752. The lowest BCUT2D eigenvalue weighted by molar-refractivity contribution is 0.122. The molecule has 1 aromatic carbocycles. The van der Waals surface area contributed by atoms with E-state index in [1.807, 2.05) is 23.1 Å². The van der Waals surface area contributed by atoms with E-state index in [4.69, 9.17) is 14.7 Å². The van der Waals surface area contributed by atoms with E-state index in [0.29, 0.717) is 49.0 Å². The number of aromatic nitrogens is 3. The number of ether oxygens (including phenoxy) is 2. The Labute approximate surface area is 155 Å². The molecule has 0 amide bonds. The highest BCUT2D eigenvalue weighted by Gasteiger charge is 2.17. The Morgan fingerprint density at radius 2 is 2.00 bits per heavy atom. The molecule has 2 aromatic heterocycles. The molecule has 0 saturated carbocycles. The van der Waals surface area contributed by atoms with Gasteiger partial charge in [-0.1, -0.05) is 12.1 Å². The number of aromatic amines is 1. The van der Waals surface area contributed by atoms with Gasteiger partial charge in [0.15, 0.2) is 12.3 Å². The number of hydrogen-bond acceptors (Lipinski definition) is 7. The van der Waals surface area contributed by atoms with Crippen molar-refractivity contribution >= 4 is 17.0 Å². The lowest BCUT2D eigenvalue weighted by Crippen LogP contribution is -2.38. The molecule has 1 fully saturated rings. The van der Waals surface area contributed by atoms with E-state index in [9.17, 15) is 4.79 Å². The first-order valence-corrected chi connectivity index (χ1v) is 8.58. The van der Waals surface area contributed by atoms with Gasteiger partial charge in [-0.3, -0.25) is 9.78 Å². The van der Waals surface area contributed by atoms with Crippen molar-refractivity contribution in [2.45, 2.75) is 0 Å². The molecule has 8 heteroatoms. The summed E-state index contributed by atoms with van der Waals surface area (Å²) in [6.45, 7) is 2.56. The number of pyridine rings is 1. The van der Waals surface area contributed by atoms with E-state index in [0.717, 1.165) is 11.1 Å². The largest absolute Gasteiger partial charge is 0.479 e. The van der Waals surface area contributed by atoms with Crippen LogP contribution in [0, 0.1) is 11.3 Å². The first kappa shape index (κ1) is 17.0. The second kappa shape index (κ2) is 7.43. The lowest BCUT2D eigenvalue weighted by Gasteiger charge is -2.27. The molecule has 27 heavy (non-hydrogen) atoms. The summed E-state index contributed by atoms with van der Waals surface area (Å²) in [6.07, 6.45) is 1.65. The molecule has 1 aliphatic rings. The number of hydrogen-bond donors (Lipinski definition) is 1. The van der Waals surface area contributed by atoms with Gasteiger partial charge >= 0.3 is 0 Å². The molecular formula is C19H17N5O3. The number of morpholine rings is 1. The highest BCUT2D eigenvalue weighted by Crippen LogP contribution is 2.27. The first-order valence-electron chi connectivity index (χ1n) is 8.58. The zero-order valence-corrected chi connectivity index (χ0v) is 14.5. The third-order valence-electron chi connectivity index (χ3n) is 4.37. The summed E-state index contributed by atoms with van der Waals surface area (Å²) >= 11 is 0. The third kappa shape index (κ3) is 3.45. The summed E-state index contributed by atoms with van der Waals surface area (Å²) in [6, 6.07) is 10.9. The maximum absolute atomic E-state index is 12.8. The molecule has 1 N–H and O–H groups in total. The number of fused-ring (bicyclic) bond motifs is 1. The minimum absolute atomic E-state index is 0.00849. The van der Waals surface area contributed by atoms with Crippen LogP contribution in [-0.4, -0.2) is 47.9 Å². The van der Waals surface area contributed by atoms with Crippen molar-refractivity contribution in [2.75, 3.05) is 37.8 Å². The average molecular weight is 363 g/mol. The fourth-order valence-electron chi connectivity index (χ4n) is 3.06. The molecule has 136 valence electrons. The Kier molecular flexibility index (Phi) is 4.68. The van der Waals surface area contributed by atoms with Crippen molar-refractivity contribution < 1.29 is 9.47 Å². The van der Waals surface area contributed by atoms with Gasteiger partial charge in [0.25, 0.3) is 5.56 Å². The van der Waals surface area contributed by atoms with Crippen LogP contribution in [0.3, 0.4) is 0 Å². The molecule has 1 saturated heterocycles. The van der Waals surface area contributed by atoms with Crippen molar-refractivity contribution in [1.29, 1.82) is 5.26 Å². The van der Waals surface area contributed by atoms with Crippen LogP contribution in [0.2, 0.25) is 0 Å². The highest BCUT2D eigenvalue weighted by atomic mass is 16.5. The Balaban J connectivity index is 1.74. The van der Waals surface area contributed by atoms with E-state index < -0.39 is 0 Å². The maximum atomic E-state index is 12.8. The standard InChI is InChI=1S/C19H17N5O3/c20-6-10-27-14-3-1-13(2-4-14)15-5-7-21-17-16(15)18(25)23-19(22-17)24-8-11-26-12-9-24/h1-5,7H,8-12H2,(H,21,22,23,25). The highest BCUT2D eigenvalue weighted by molar-refractivity contribution is 5.92. The fraction of sp³-hybridized carbons (Fsp3) is 0.263. The zero-order chi connectivity index (χ0) is 18.6. The average Bonchev–Trinajstić information content (AvgIpc) is 2.73. The van der Waals surface area contributed by atoms with E-state index in [-0.39, 0.29) is 12.2 Å². The van der Waals surface area contributed by atoms with Crippen LogP contribution in [0.1, 0.15) is 0 Å². The van der Waals surface area contributed by atoms with Gasteiger partial charge in [-0.2, -0.15) is 10.2 Å². The van der Waals surface area contributed by atoms with Crippen molar-refractivity contribution in [2.24, 2.45) is 0 Å². The van der Waals surface area contributed by atoms with Crippen LogP contribution in [-0.2, 0) is 4.74 Å². The van der Waals surface area contributed by atoms with Gasteiger partial charge < -0.3 is 14.4 Å². The predicted octanol–water partition coefficient (Wildman–Crippen LogP) is 1.72. The lowest BCUT2D eigenvalue weighted by atomic mass is 10.0. The molecular weight excluding hydrogens is 346 g/mol. The topological polar surface area (TPSA) is 104 Å². The van der Waals surface area contributed by atoms with Crippen LogP contribution < -0.4 is 15.2 Å². The van der Waals surface area contributed by atoms with Gasteiger partial charge in [0.2, 0.25) is 5.95 Å². The number of H-pyrrole nitrogens is 1. The molecule has 1 aliphatic heterocycles. The van der Waals surface area contributed by atoms with Gasteiger partial charge in [-0.05, 0) is 29.3 Å². The summed E-state index contributed by atoms with van der Waals surface area (Å²) in [7, 11) is 0. The van der Waals surface area contributed by atoms with Crippen molar-refractivity contribution in [3.8, 4) is 22.9 Å². The van der Waals surface area contributed by atoms with E-state index in [2.05, 4.69) is 15.0 Å². The Bertz CT molecular complexity index is 1050. The fourth-order valence-corrected chi connectivity index (χ4v) is 3.06. The summed E-state index contributed by atoms with van der Waals surface area (Å²) in [5, 5.41) is 9.03. The summed E-state index contributed by atoms with van der Waals surface area (Å²) in [4.78, 5) is 26.5. The van der Waals surface area contributed by atoms with Crippen LogP contribution in [0.5, 0.6) is 5.75 Å². The normalized spacial score (nSPS) is 14.1. The number of benzene rings is 1. The van der Waals surface area contributed by atoms with Gasteiger partial charge in [0.05, 0.1) is 18.6 Å². The van der Waals surface area contributed by atoms with Gasteiger partial charge in [-0.25, -0.2) is 4.98 Å². The molecule has 0 unspecified atom stereocenters. The molecule has 4 rings (SSSR count). The second-order valence-corrected chi connectivity index (χ2v) is 6.02. The molecule has 8 nitrogen and oxygen atoms in total. The number of nitrogens with one attached hydrogen (secondary N) is 1. The van der Waals surface area contributed by atoms with Gasteiger partial charge in [0, 0.05) is 19.3 Å². The monoisotopic (exact) mass is 363 g/mol. The summed E-state index contributed by atoms with van der Waals surface area (Å²) < 4.78 is 10.6. The smallest absolute Gasteiger partial charge is 0.262 e. The summed E-state index contributed by atoms with van der Waals surface area (Å²) in [5.41, 5.74) is 1.77. The van der Waals surface area contributed by atoms with Crippen LogP contribution in [0.25, 0.3) is 22.2 Å². The number of nitriles is 1. The molecule has 0 atom stereocenters. The minimum atomic E-state index is -0.227. The molecule has 0 spiro atoms. The second-order valence-electron chi connectivity index (χ2n) is 6.02. The Morgan fingerprint density at radius 3 is 2.74 bits per heavy atom. The number of anilines is 1. The van der Waals surface area contributed by atoms with E-state index in [1.54, 1.807) is 24.4 Å². The molecule has 3 aromatic rings. The number of nitrogens with zero attached hydrogens (tertiary/aromatic N) is 4. The van der Waals surface area contributed by atoms with Crippen molar-refractivity contribution in [3.63, 3.8) is 0 Å². The SMILES string of the molecule is N#CCOc1ccc(-c2ccnc3nc(N4CCOCC4)[nH]c(=O)c23)cc1. The third-order valence-corrected chi connectivity index (χ3v) is 4.37. The van der Waals surface area contributed by atoms with E-state index in [1.165, 1.54) is 0 Å². The van der Waals surface area contributed by atoms with Crippen LogP contribution in [0.4, 0.5) is 5.95 Å². The van der Waals surface area contributed by atoms with Crippen LogP contribution in [0.15, 0.2) is 41.3 Å². The van der Waals surface area contributed by atoms with Gasteiger partial charge in [0.1, 0.15) is 11.8 Å². The van der Waals surface area contributed by atoms with Crippen molar-refractivity contribution in [1.82, 2.24) is 15.0 Å². The predicted molar refractivity (Wildman–Crippen MR) is 99.7 cm³/mol. The molecule has 3 heterocycles. The molecule has 0 radical (unpaired) electrons. The number of rotatable bonds is 4. The van der Waals surface area contributed by atoms with Crippen LogP contribution >= 0.6 is 0 Å². The zero-order valence-electron chi connectivity index (χ0n) is 14.5. The maximum Gasteiger partial charge on any atom is 0.262 e. The van der Waals surface area contributed by atoms with Crippen molar-refractivity contribution in [3.05, 3.63) is 46.9 Å². The summed E-state index contributed by atoms with van der Waals surface area (Å²) in [5.74, 6) is 1.11. The van der Waals surface area contributed by atoms with Gasteiger partial charge in [-0.15, -0.1) is 0 Å². The molecule has 0 aliphatic carbocycles. The first-order chi connectivity index (χ1) is 13.3. The minimum Gasteiger partial charge on any atom is -0.479 e.